The predicted octanol–water partition coefficient (Wildman–Crippen LogP) is 5.98. The van der Waals surface area contributed by atoms with Gasteiger partial charge in [0.15, 0.2) is 0 Å². The number of para-hydroxylation sites is 2. The number of amides is 1. The molecule has 0 saturated heterocycles. The van der Waals surface area contributed by atoms with E-state index in [0.717, 1.165) is 30.7 Å². The summed E-state index contributed by atoms with van der Waals surface area (Å²) in [5.74, 6) is 0. The van der Waals surface area contributed by atoms with Crippen molar-refractivity contribution in [1.29, 1.82) is 0 Å². The molecule has 3 rings (SSSR count). The van der Waals surface area contributed by atoms with Crippen LogP contribution >= 0.6 is 0 Å². The van der Waals surface area contributed by atoms with Gasteiger partial charge in [-0.3, -0.25) is 10.3 Å². The molecule has 0 aliphatic heterocycles. The van der Waals surface area contributed by atoms with Crippen LogP contribution in [0.2, 0.25) is 0 Å². The fourth-order valence-corrected chi connectivity index (χ4v) is 2.96. The molecule has 1 N–H and O–H groups in total. The molecule has 4 nitrogen and oxygen atoms in total. The van der Waals surface area contributed by atoms with Crippen molar-refractivity contribution in [3.8, 4) is 0 Å². The Morgan fingerprint density at radius 1 is 1.08 bits per heavy atom. The highest BCUT2D eigenvalue weighted by atomic mass is 16.6. The van der Waals surface area contributed by atoms with Gasteiger partial charge in [-0.25, -0.2) is 4.79 Å². The predicted molar refractivity (Wildman–Crippen MR) is 107 cm³/mol. The van der Waals surface area contributed by atoms with Crippen LogP contribution in [0.25, 0.3) is 6.08 Å². The average molecular weight is 348 g/mol. The zero-order chi connectivity index (χ0) is 18.4. The van der Waals surface area contributed by atoms with Crippen LogP contribution < -0.4 is 5.32 Å². The molecule has 1 aliphatic rings. The third-order valence-corrected chi connectivity index (χ3v) is 4.11. The summed E-state index contributed by atoms with van der Waals surface area (Å²) < 4.78 is 5.17. The number of carbonyl (C=O) groups is 1. The van der Waals surface area contributed by atoms with Gasteiger partial charge in [0, 0.05) is 5.71 Å². The van der Waals surface area contributed by atoms with E-state index in [1.54, 1.807) is 0 Å². The lowest BCUT2D eigenvalue weighted by atomic mass is 10.1. The lowest BCUT2D eigenvalue weighted by Crippen LogP contribution is -2.18. The van der Waals surface area contributed by atoms with Crippen molar-refractivity contribution < 1.29 is 9.53 Å². The number of rotatable bonds is 4. The molecule has 0 aromatic heterocycles. The van der Waals surface area contributed by atoms with Crippen molar-refractivity contribution in [3.05, 3.63) is 65.7 Å². The molecular weight excluding hydrogens is 324 g/mol. The molecule has 2 aromatic rings. The monoisotopic (exact) mass is 348 g/mol. The van der Waals surface area contributed by atoms with Gasteiger partial charge in [0.25, 0.3) is 0 Å². The second kappa shape index (κ2) is 8.48. The smallest absolute Gasteiger partial charge is 0.411 e. The van der Waals surface area contributed by atoms with E-state index in [4.69, 9.17) is 9.73 Å². The van der Waals surface area contributed by atoms with Crippen molar-refractivity contribution in [3.63, 3.8) is 0 Å². The standard InChI is InChI=1S/C22H24N2O2/c1-16(2)26-22(25)24-21-13-7-6-12-20(21)23-19-14-8-11-18(19)15-17-9-4-3-5-10-17/h3-7,9-10,12-13,15-16H,8,11,14H2,1-2H3,(H,24,25)/b18-15+,23-19?. The first-order valence-electron chi connectivity index (χ1n) is 9.02. The quantitative estimate of drug-likeness (QED) is 0.738. The molecule has 0 heterocycles. The molecule has 1 saturated carbocycles. The van der Waals surface area contributed by atoms with Crippen LogP contribution in [-0.2, 0) is 4.74 Å². The van der Waals surface area contributed by atoms with Crippen LogP contribution in [0.15, 0.2) is 65.2 Å². The molecule has 2 aromatic carbocycles. The average Bonchev–Trinajstić information content (AvgIpc) is 3.03. The summed E-state index contributed by atoms with van der Waals surface area (Å²) >= 11 is 0. The Labute approximate surface area is 154 Å². The minimum Gasteiger partial charge on any atom is -0.447 e. The number of anilines is 1. The summed E-state index contributed by atoms with van der Waals surface area (Å²) in [6.45, 7) is 3.65. The Bertz CT molecular complexity index is 823. The number of nitrogens with zero attached hydrogens (tertiary/aromatic N) is 1. The van der Waals surface area contributed by atoms with E-state index in [1.807, 2.05) is 56.3 Å². The number of aliphatic imine (C=N–C) groups is 1. The summed E-state index contributed by atoms with van der Waals surface area (Å²) in [4.78, 5) is 16.8. The van der Waals surface area contributed by atoms with Crippen LogP contribution in [0.3, 0.4) is 0 Å². The van der Waals surface area contributed by atoms with E-state index in [-0.39, 0.29) is 6.10 Å². The van der Waals surface area contributed by atoms with E-state index in [0.29, 0.717) is 5.69 Å². The molecule has 134 valence electrons. The lowest BCUT2D eigenvalue weighted by Gasteiger charge is -2.11. The maximum absolute atomic E-state index is 11.9. The zero-order valence-electron chi connectivity index (χ0n) is 15.2. The highest BCUT2D eigenvalue weighted by Gasteiger charge is 2.16. The molecule has 1 amide bonds. The van der Waals surface area contributed by atoms with Crippen LogP contribution in [0.5, 0.6) is 0 Å². The summed E-state index contributed by atoms with van der Waals surface area (Å²) in [6, 6.07) is 17.9. The second-order valence-corrected chi connectivity index (χ2v) is 6.59. The van der Waals surface area contributed by atoms with Crippen LogP contribution in [0, 0.1) is 0 Å². The largest absolute Gasteiger partial charge is 0.447 e. The topological polar surface area (TPSA) is 50.7 Å². The minimum absolute atomic E-state index is 0.163. The van der Waals surface area contributed by atoms with Crippen LogP contribution in [0.4, 0.5) is 16.2 Å². The molecule has 4 heteroatoms. The first-order valence-corrected chi connectivity index (χ1v) is 9.02. The van der Waals surface area contributed by atoms with Gasteiger partial charge < -0.3 is 4.74 Å². The van der Waals surface area contributed by atoms with Gasteiger partial charge in [-0.1, -0.05) is 42.5 Å². The molecule has 1 fully saturated rings. The van der Waals surface area contributed by atoms with E-state index in [9.17, 15) is 4.79 Å². The number of nitrogens with one attached hydrogen (secondary N) is 1. The van der Waals surface area contributed by atoms with Gasteiger partial charge in [-0.05, 0) is 62.5 Å². The number of carbonyl (C=O) groups excluding carboxylic acids is 1. The fourth-order valence-electron chi connectivity index (χ4n) is 2.96. The molecule has 0 radical (unpaired) electrons. The van der Waals surface area contributed by atoms with Crippen LogP contribution in [-0.4, -0.2) is 17.9 Å². The fraction of sp³-hybridized carbons (Fsp3) is 0.273. The van der Waals surface area contributed by atoms with Gasteiger partial charge >= 0.3 is 6.09 Å². The van der Waals surface area contributed by atoms with Crippen molar-refractivity contribution in [2.75, 3.05) is 5.32 Å². The number of hydrogen-bond acceptors (Lipinski definition) is 3. The SMILES string of the molecule is CC(C)OC(=O)Nc1ccccc1N=C1CCC/C1=C\c1ccccc1. The molecule has 26 heavy (non-hydrogen) atoms. The third kappa shape index (κ3) is 4.82. The van der Waals surface area contributed by atoms with Crippen molar-refractivity contribution in [2.24, 2.45) is 4.99 Å². The van der Waals surface area contributed by atoms with Gasteiger partial charge in [-0.2, -0.15) is 0 Å². The van der Waals surface area contributed by atoms with E-state index in [1.165, 1.54) is 11.1 Å². The van der Waals surface area contributed by atoms with Crippen molar-refractivity contribution in [2.45, 2.75) is 39.2 Å². The second-order valence-electron chi connectivity index (χ2n) is 6.59. The van der Waals surface area contributed by atoms with Gasteiger partial charge in [-0.15, -0.1) is 0 Å². The van der Waals surface area contributed by atoms with E-state index < -0.39 is 6.09 Å². The van der Waals surface area contributed by atoms with Gasteiger partial charge in [0.2, 0.25) is 0 Å². The summed E-state index contributed by atoms with van der Waals surface area (Å²) in [6.07, 6.45) is 4.65. The number of ether oxygens (including phenoxy) is 1. The zero-order valence-corrected chi connectivity index (χ0v) is 15.2. The normalized spacial score (nSPS) is 17.0. The number of allylic oxidation sites excluding steroid dienone is 1. The molecule has 0 spiro atoms. The number of benzene rings is 2. The number of hydrogen-bond donors (Lipinski definition) is 1. The highest BCUT2D eigenvalue weighted by molar-refractivity contribution is 6.07. The lowest BCUT2D eigenvalue weighted by molar-refractivity contribution is 0.130. The summed E-state index contributed by atoms with van der Waals surface area (Å²) in [5, 5.41) is 2.79. The maximum Gasteiger partial charge on any atom is 0.411 e. The first-order chi connectivity index (χ1) is 12.6. The van der Waals surface area contributed by atoms with Gasteiger partial charge in [0.05, 0.1) is 17.5 Å². The van der Waals surface area contributed by atoms with Crippen molar-refractivity contribution in [1.82, 2.24) is 0 Å². The Morgan fingerprint density at radius 2 is 1.81 bits per heavy atom. The highest BCUT2D eigenvalue weighted by Crippen LogP contribution is 2.30. The maximum atomic E-state index is 11.9. The molecule has 0 bridgehead atoms. The van der Waals surface area contributed by atoms with E-state index in [2.05, 4.69) is 23.5 Å². The van der Waals surface area contributed by atoms with Crippen LogP contribution in [0.1, 0.15) is 38.7 Å². The molecule has 1 aliphatic carbocycles. The Kier molecular flexibility index (Phi) is 5.84. The first kappa shape index (κ1) is 17.9. The van der Waals surface area contributed by atoms with Gasteiger partial charge in [0.1, 0.15) is 0 Å². The Balaban J connectivity index is 1.85. The molecular formula is C22H24N2O2. The molecule has 0 atom stereocenters. The minimum atomic E-state index is -0.459. The molecule has 0 unspecified atom stereocenters. The Morgan fingerprint density at radius 3 is 2.58 bits per heavy atom. The van der Waals surface area contributed by atoms with Crippen molar-refractivity contribution >= 4 is 29.3 Å². The summed E-state index contributed by atoms with van der Waals surface area (Å²) in [7, 11) is 0. The third-order valence-electron chi connectivity index (χ3n) is 4.11. The Hall–Kier alpha value is -2.88. The van der Waals surface area contributed by atoms with E-state index >= 15 is 0 Å². The summed E-state index contributed by atoms with van der Waals surface area (Å²) in [5.41, 5.74) is 4.95.